The molecule has 7 heteroatoms. The number of benzene rings is 2. The molecule has 1 N–H and O–H groups in total. The molecule has 2 aromatic rings. The highest BCUT2D eigenvalue weighted by molar-refractivity contribution is 6.31. The molecule has 2 aromatic carbocycles. The van der Waals surface area contributed by atoms with Crippen molar-refractivity contribution >= 4 is 40.8 Å². The van der Waals surface area contributed by atoms with Crippen LogP contribution >= 0.6 is 23.2 Å². The number of esters is 1. The predicted octanol–water partition coefficient (Wildman–Crippen LogP) is 4.64. The van der Waals surface area contributed by atoms with Gasteiger partial charge in [-0.3, -0.25) is 4.79 Å². The SMILES string of the molecule is Cc1c(Cl)cccc1NC(=O)[C@@H](C)OC(=O)[C@H](C)Oc1ccc(Cl)cc1. The molecule has 26 heavy (non-hydrogen) atoms. The first kappa shape index (κ1) is 20.1. The summed E-state index contributed by atoms with van der Waals surface area (Å²) in [5, 5.41) is 3.80. The zero-order valence-corrected chi connectivity index (χ0v) is 16.1. The maximum absolute atomic E-state index is 12.2. The molecule has 1 amide bonds. The maximum Gasteiger partial charge on any atom is 0.347 e. The van der Waals surface area contributed by atoms with Crippen molar-refractivity contribution in [3.63, 3.8) is 0 Å². The molecule has 0 radical (unpaired) electrons. The van der Waals surface area contributed by atoms with Crippen molar-refractivity contribution in [3.8, 4) is 5.75 Å². The molecule has 2 atom stereocenters. The van der Waals surface area contributed by atoms with E-state index in [9.17, 15) is 9.59 Å². The van der Waals surface area contributed by atoms with Gasteiger partial charge in [0.1, 0.15) is 5.75 Å². The van der Waals surface area contributed by atoms with Gasteiger partial charge in [-0.1, -0.05) is 29.3 Å². The highest BCUT2D eigenvalue weighted by Crippen LogP contribution is 2.23. The van der Waals surface area contributed by atoms with E-state index in [1.54, 1.807) is 56.3 Å². The first-order valence-corrected chi connectivity index (χ1v) is 8.72. The standard InChI is InChI=1S/C19H19Cl2NO4/c1-11-16(21)5-4-6-17(11)22-18(23)12(2)26-19(24)13(3)25-15-9-7-14(20)8-10-15/h4-10,12-13H,1-3H3,(H,22,23)/t12-,13+/m1/s1. The van der Waals surface area contributed by atoms with Crippen LogP contribution in [0.5, 0.6) is 5.75 Å². The summed E-state index contributed by atoms with van der Waals surface area (Å²) in [6, 6.07) is 11.8. The Labute approximate surface area is 162 Å². The lowest BCUT2D eigenvalue weighted by Gasteiger charge is -2.18. The van der Waals surface area contributed by atoms with Gasteiger partial charge in [0, 0.05) is 15.7 Å². The molecular formula is C19H19Cl2NO4. The van der Waals surface area contributed by atoms with E-state index in [0.29, 0.717) is 21.5 Å². The molecule has 0 saturated heterocycles. The third kappa shape index (κ3) is 5.38. The van der Waals surface area contributed by atoms with Crippen LogP contribution in [0.3, 0.4) is 0 Å². The van der Waals surface area contributed by atoms with Gasteiger partial charge >= 0.3 is 5.97 Å². The summed E-state index contributed by atoms with van der Waals surface area (Å²) in [6.07, 6.45) is -1.86. The highest BCUT2D eigenvalue weighted by atomic mass is 35.5. The average molecular weight is 396 g/mol. The van der Waals surface area contributed by atoms with E-state index in [2.05, 4.69) is 5.32 Å². The molecule has 0 saturated carbocycles. The molecule has 0 unspecified atom stereocenters. The molecule has 0 spiro atoms. The van der Waals surface area contributed by atoms with Gasteiger partial charge in [-0.25, -0.2) is 4.79 Å². The number of halogens is 2. The summed E-state index contributed by atoms with van der Waals surface area (Å²) < 4.78 is 10.7. The third-order valence-corrected chi connectivity index (χ3v) is 4.31. The zero-order valence-electron chi connectivity index (χ0n) is 14.6. The van der Waals surface area contributed by atoms with E-state index in [4.69, 9.17) is 32.7 Å². The van der Waals surface area contributed by atoms with Crippen LogP contribution in [0.4, 0.5) is 5.69 Å². The number of hydrogen-bond donors (Lipinski definition) is 1. The summed E-state index contributed by atoms with van der Waals surface area (Å²) in [6.45, 7) is 4.82. The van der Waals surface area contributed by atoms with Gasteiger partial charge in [-0.2, -0.15) is 0 Å². The molecule has 0 heterocycles. The Morgan fingerprint density at radius 2 is 1.65 bits per heavy atom. The fourth-order valence-electron chi connectivity index (χ4n) is 2.07. The van der Waals surface area contributed by atoms with Crippen LogP contribution < -0.4 is 10.1 Å². The highest BCUT2D eigenvalue weighted by Gasteiger charge is 2.23. The second kappa shape index (κ2) is 8.92. The molecule has 0 aromatic heterocycles. The number of carbonyl (C=O) groups excluding carboxylic acids is 2. The summed E-state index contributed by atoms with van der Waals surface area (Å²) in [4.78, 5) is 24.4. The monoisotopic (exact) mass is 395 g/mol. The van der Waals surface area contributed by atoms with Crippen LogP contribution in [0.2, 0.25) is 10.0 Å². The van der Waals surface area contributed by atoms with Crippen molar-refractivity contribution in [2.24, 2.45) is 0 Å². The third-order valence-electron chi connectivity index (χ3n) is 3.65. The molecule has 2 rings (SSSR count). The molecular weight excluding hydrogens is 377 g/mol. The minimum Gasteiger partial charge on any atom is -0.479 e. The van der Waals surface area contributed by atoms with Crippen molar-refractivity contribution in [3.05, 3.63) is 58.1 Å². The lowest BCUT2D eigenvalue weighted by molar-refractivity contribution is -0.159. The molecule has 0 aliphatic carbocycles. The number of ether oxygens (including phenoxy) is 2. The van der Waals surface area contributed by atoms with Gasteiger partial charge in [0.05, 0.1) is 0 Å². The Kier molecular flexibility index (Phi) is 6.89. The van der Waals surface area contributed by atoms with E-state index < -0.39 is 24.1 Å². The van der Waals surface area contributed by atoms with E-state index in [0.717, 1.165) is 5.56 Å². The van der Waals surface area contributed by atoms with Gasteiger partial charge in [-0.15, -0.1) is 0 Å². The zero-order chi connectivity index (χ0) is 19.3. The van der Waals surface area contributed by atoms with E-state index >= 15 is 0 Å². The quantitative estimate of drug-likeness (QED) is 0.723. The lowest BCUT2D eigenvalue weighted by Crippen LogP contribution is -2.35. The van der Waals surface area contributed by atoms with Crippen LogP contribution in [-0.4, -0.2) is 24.1 Å². The van der Waals surface area contributed by atoms with Crippen LogP contribution in [-0.2, 0) is 14.3 Å². The van der Waals surface area contributed by atoms with E-state index in [1.807, 2.05) is 0 Å². The summed E-state index contributed by atoms with van der Waals surface area (Å²) in [7, 11) is 0. The average Bonchev–Trinajstić information content (AvgIpc) is 2.60. The van der Waals surface area contributed by atoms with E-state index in [1.165, 1.54) is 6.92 Å². The Balaban J connectivity index is 1.91. The number of amides is 1. The van der Waals surface area contributed by atoms with Gasteiger partial charge in [0.25, 0.3) is 5.91 Å². The minimum absolute atomic E-state index is 0.456. The summed E-state index contributed by atoms with van der Waals surface area (Å²) in [5.74, 6) is -0.627. The molecule has 0 aliphatic heterocycles. The Bertz CT molecular complexity index is 793. The van der Waals surface area contributed by atoms with Crippen LogP contribution in [0, 0.1) is 6.92 Å². The Hall–Kier alpha value is -2.24. The van der Waals surface area contributed by atoms with Crippen molar-refractivity contribution in [2.45, 2.75) is 33.0 Å². The number of hydrogen-bond acceptors (Lipinski definition) is 4. The largest absolute Gasteiger partial charge is 0.479 e. The second-order valence-corrected chi connectivity index (χ2v) is 6.54. The van der Waals surface area contributed by atoms with Gasteiger partial charge < -0.3 is 14.8 Å². The first-order chi connectivity index (χ1) is 12.3. The van der Waals surface area contributed by atoms with E-state index in [-0.39, 0.29) is 0 Å². The van der Waals surface area contributed by atoms with Gasteiger partial charge in [0.2, 0.25) is 0 Å². The molecule has 0 aliphatic rings. The number of rotatable bonds is 6. The molecule has 5 nitrogen and oxygen atoms in total. The normalized spacial score (nSPS) is 12.8. The van der Waals surface area contributed by atoms with Crippen molar-refractivity contribution in [1.82, 2.24) is 0 Å². The summed E-state index contributed by atoms with van der Waals surface area (Å²) >= 11 is 11.8. The molecule has 138 valence electrons. The predicted molar refractivity (Wildman–Crippen MR) is 102 cm³/mol. The first-order valence-electron chi connectivity index (χ1n) is 7.96. The number of anilines is 1. The number of carbonyl (C=O) groups is 2. The van der Waals surface area contributed by atoms with Crippen molar-refractivity contribution in [1.29, 1.82) is 0 Å². The van der Waals surface area contributed by atoms with Gasteiger partial charge in [-0.05, 0) is 62.7 Å². The van der Waals surface area contributed by atoms with Crippen LogP contribution in [0.25, 0.3) is 0 Å². The molecule has 0 fully saturated rings. The fraction of sp³-hybridized carbons (Fsp3) is 0.263. The maximum atomic E-state index is 12.2. The second-order valence-electron chi connectivity index (χ2n) is 5.69. The van der Waals surface area contributed by atoms with Crippen LogP contribution in [0.15, 0.2) is 42.5 Å². The fourth-order valence-corrected chi connectivity index (χ4v) is 2.37. The Morgan fingerprint density at radius 3 is 2.31 bits per heavy atom. The molecule has 0 bridgehead atoms. The van der Waals surface area contributed by atoms with Crippen molar-refractivity contribution < 1.29 is 19.1 Å². The Morgan fingerprint density at radius 1 is 1.00 bits per heavy atom. The number of nitrogens with one attached hydrogen (secondary N) is 1. The topological polar surface area (TPSA) is 64.6 Å². The van der Waals surface area contributed by atoms with Crippen molar-refractivity contribution in [2.75, 3.05) is 5.32 Å². The smallest absolute Gasteiger partial charge is 0.347 e. The summed E-state index contributed by atoms with van der Waals surface area (Å²) in [5.41, 5.74) is 1.30. The minimum atomic E-state index is -0.989. The van der Waals surface area contributed by atoms with Gasteiger partial charge in [0.15, 0.2) is 12.2 Å². The lowest BCUT2D eigenvalue weighted by atomic mass is 10.2. The van der Waals surface area contributed by atoms with Crippen LogP contribution in [0.1, 0.15) is 19.4 Å².